The molecule has 0 N–H and O–H groups in total. The van der Waals surface area contributed by atoms with E-state index in [2.05, 4.69) is 22.0 Å². The van der Waals surface area contributed by atoms with Crippen molar-refractivity contribution in [3.8, 4) is 0 Å². The number of rotatable bonds is 6. The van der Waals surface area contributed by atoms with Crippen molar-refractivity contribution < 1.29 is 9.53 Å². The van der Waals surface area contributed by atoms with Crippen LogP contribution in [0.25, 0.3) is 4.96 Å². The van der Waals surface area contributed by atoms with Gasteiger partial charge in [0.2, 0.25) is 0 Å². The van der Waals surface area contributed by atoms with E-state index in [0.717, 1.165) is 23.6 Å². The third kappa shape index (κ3) is 4.36. The number of thiazole rings is 1. The largest absolute Gasteiger partial charge is 0.372 e. The molecule has 1 aliphatic heterocycles. The fraction of sp³-hybridized carbons (Fsp3) is 0.550. The summed E-state index contributed by atoms with van der Waals surface area (Å²) in [6, 6.07) is 0. The summed E-state index contributed by atoms with van der Waals surface area (Å²) in [6.07, 6.45) is 6.93. The first-order valence-corrected chi connectivity index (χ1v) is 10.8. The van der Waals surface area contributed by atoms with Gasteiger partial charge in [-0.3, -0.25) is 13.9 Å². The molecule has 0 saturated carbocycles. The average molecular weight is 417 g/mol. The minimum absolute atomic E-state index is 0.00133. The highest BCUT2D eigenvalue weighted by Crippen LogP contribution is 2.22. The van der Waals surface area contributed by atoms with Gasteiger partial charge in [-0.1, -0.05) is 0 Å². The summed E-state index contributed by atoms with van der Waals surface area (Å²) in [5.41, 5.74) is 2.72. The molecule has 0 aliphatic carbocycles. The lowest BCUT2D eigenvalue weighted by atomic mass is 10.2. The first-order valence-electron chi connectivity index (χ1n) is 9.96. The van der Waals surface area contributed by atoms with Crippen molar-refractivity contribution in [3.63, 3.8) is 0 Å². The van der Waals surface area contributed by atoms with Crippen molar-refractivity contribution >= 4 is 22.2 Å². The number of fused-ring (bicyclic) bond motifs is 1. The number of carbonyl (C=O) groups excluding carboxylic acids is 1. The second kappa shape index (κ2) is 8.25. The fourth-order valence-corrected chi connectivity index (χ4v) is 4.64. The topological polar surface area (TPSA) is 67.9 Å². The molecule has 4 rings (SSSR count). The molecule has 0 spiro atoms. The molecule has 4 heterocycles. The monoisotopic (exact) mass is 416 g/mol. The number of aryl methyl sites for hydroxylation is 1. The van der Waals surface area contributed by atoms with E-state index in [4.69, 9.17) is 4.74 Å². The van der Waals surface area contributed by atoms with E-state index in [0.29, 0.717) is 25.3 Å². The minimum Gasteiger partial charge on any atom is -0.372 e. The van der Waals surface area contributed by atoms with Crippen molar-refractivity contribution in [1.29, 1.82) is 0 Å². The normalized spacial score (nSPS) is 20.1. The molecule has 1 saturated heterocycles. The summed E-state index contributed by atoms with van der Waals surface area (Å²) in [7, 11) is 4.01. The second-order valence-electron chi connectivity index (χ2n) is 7.94. The first-order chi connectivity index (χ1) is 13.9. The van der Waals surface area contributed by atoms with Crippen LogP contribution in [0.3, 0.4) is 0 Å². The maximum absolute atomic E-state index is 13.3. The van der Waals surface area contributed by atoms with Crippen LogP contribution < -0.4 is 0 Å². The third-order valence-corrected chi connectivity index (χ3v) is 5.99. The SMILES string of the molecule is C[C@@H]1CN(C(=O)c2nc3sccn3c2CN(C)CCc2cnn(C)c2)C[C@H](C)O1. The Morgan fingerprint density at radius 3 is 2.79 bits per heavy atom. The molecule has 9 heteroatoms. The number of aromatic nitrogens is 4. The molecule has 1 aliphatic rings. The van der Waals surface area contributed by atoms with Crippen LogP contribution >= 0.6 is 11.3 Å². The smallest absolute Gasteiger partial charge is 0.274 e. The Kier molecular flexibility index (Phi) is 5.71. The highest BCUT2D eigenvalue weighted by molar-refractivity contribution is 7.15. The second-order valence-corrected chi connectivity index (χ2v) is 8.81. The van der Waals surface area contributed by atoms with Gasteiger partial charge in [0, 0.05) is 51.0 Å². The number of amides is 1. The van der Waals surface area contributed by atoms with Crippen LogP contribution in [-0.4, -0.2) is 73.8 Å². The van der Waals surface area contributed by atoms with Gasteiger partial charge in [-0.2, -0.15) is 5.10 Å². The number of hydrogen-bond donors (Lipinski definition) is 0. The molecule has 0 bridgehead atoms. The summed E-state index contributed by atoms with van der Waals surface area (Å²) >= 11 is 1.55. The average Bonchev–Trinajstić information content (AvgIpc) is 3.36. The van der Waals surface area contributed by atoms with Crippen LogP contribution in [0.15, 0.2) is 24.0 Å². The van der Waals surface area contributed by atoms with E-state index in [1.54, 1.807) is 11.3 Å². The zero-order chi connectivity index (χ0) is 20.5. The van der Waals surface area contributed by atoms with Crippen molar-refractivity contribution in [1.82, 2.24) is 29.0 Å². The molecule has 0 aromatic carbocycles. The van der Waals surface area contributed by atoms with Crippen LogP contribution in [0.2, 0.25) is 0 Å². The van der Waals surface area contributed by atoms with Crippen molar-refractivity contribution in [2.24, 2.45) is 7.05 Å². The lowest BCUT2D eigenvalue weighted by Gasteiger charge is -2.35. The Balaban J connectivity index is 1.52. The van der Waals surface area contributed by atoms with Crippen LogP contribution in [0, 0.1) is 0 Å². The number of hydrogen-bond acceptors (Lipinski definition) is 6. The van der Waals surface area contributed by atoms with Gasteiger partial charge in [-0.25, -0.2) is 4.98 Å². The van der Waals surface area contributed by atoms with Crippen LogP contribution in [0.5, 0.6) is 0 Å². The van der Waals surface area contributed by atoms with Gasteiger partial charge in [0.1, 0.15) is 0 Å². The summed E-state index contributed by atoms with van der Waals surface area (Å²) in [4.78, 5) is 23.0. The predicted octanol–water partition coefficient (Wildman–Crippen LogP) is 2.05. The number of morpholine rings is 1. The molecule has 3 aromatic heterocycles. The summed E-state index contributed by atoms with van der Waals surface area (Å²) in [5, 5.41) is 6.24. The number of imidazole rings is 1. The molecule has 2 atom stereocenters. The van der Waals surface area contributed by atoms with E-state index in [1.165, 1.54) is 5.56 Å². The van der Waals surface area contributed by atoms with Crippen molar-refractivity contribution in [2.45, 2.75) is 39.0 Å². The molecule has 29 heavy (non-hydrogen) atoms. The molecule has 1 amide bonds. The lowest BCUT2D eigenvalue weighted by molar-refractivity contribution is -0.0587. The van der Waals surface area contributed by atoms with Gasteiger partial charge < -0.3 is 14.5 Å². The Labute approximate surface area is 174 Å². The highest BCUT2D eigenvalue weighted by atomic mass is 32.1. The van der Waals surface area contributed by atoms with Crippen LogP contribution in [-0.2, 0) is 24.8 Å². The minimum atomic E-state index is -0.00133. The van der Waals surface area contributed by atoms with Gasteiger partial charge >= 0.3 is 0 Å². The van der Waals surface area contributed by atoms with E-state index in [9.17, 15) is 4.79 Å². The number of carbonyl (C=O) groups is 1. The zero-order valence-corrected chi connectivity index (χ0v) is 18.2. The quantitative estimate of drug-likeness (QED) is 0.615. The first kappa shape index (κ1) is 20.1. The third-order valence-electron chi connectivity index (χ3n) is 5.23. The van der Waals surface area contributed by atoms with Gasteiger partial charge in [0.05, 0.1) is 24.1 Å². The standard InChI is InChI=1S/C20H28N6O2S/c1-14-10-25(11-15(2)28-14)19(27)18-17(26-7-8-29-20(26)22-18)13-23(3)6-5-16-9-21-24(4)12-16/h7-9,12,14-15H,5-6,10-11,13H2,1-4H3/t14-,15+. The van der Waals surface area contributed by atoms with E-state index < -0.39 is 0 Å². The van der Waals surface area contributed by atoms with Gasteiger partial charge in [0.25, 0.3) is 5.91 Å². The Morgan fingerprint density at radius 2 is 2.10 bits per heavy atom. The molecule has 0 radical (unpaired) electrons. The van der Waals surface area contributed by atoms with E-state index >= 15 is 0 Å². The Hall–Kier alpha value is -2.23. The molecule has 3 aromatic rings. The highest BCUT2D eigenvalue weighted by Gasteiger charge is 2.30. The molecule has 156 valence electrons. The fourth-order valence-electron chi connectivity index (χ4n) is 3.90. The molecule has 1 fully saturated rings. The number of likely N-dealkylation sites (N-methyl/N-ethyl adjacent to an activating group) is 1. The van der Waals surface area contributed by atoms with Crippen LogP contribution in [0.1, 0.15) is 35.6 Å². The molecular weight excluding hydrogens is 388 g/mol. The summed E-state index contributed by atoms with van der Waals surface area (Å²) in [6.45, 7) is 6.76. The van der Waals surface area contributed by atoms with E-state index in [-0.39, 0.29) is 18.1 Å². The molecular formula is C20H28N6O2S. The van der Waals surface area contributed by atoms with Gasteiger partial charge in [0.15, 0.2) is 10.7 Å². The van der Waals surface area contributed by atoms with E-state index in [1.807, 2.05) is 58.8 Å². The maximum atomic E-state index is 13.3. The van der Waals surface area contributed by atoms with Crippen molar-refractivity contribution in [2.75, 3.05) is 26.7 Å². The lowest BCUT2D eigenvalue weighted by Crippen LogP contribution is -2.48. The number of nitrogens with zero attached hydrogens (tertiary/aromatic N) is 6. The number of ether oxygens (including phenoxy) is 1. The molecule has 8 nitrogen and oxygen atoms in total. The van der Waals surface area contributed by atoms with Gasteiger partial charge in [-0.15, -0.1) is 11.3 Å². The predicted molar refractivity (Wildman–Crippen MR) is 112 cm³/mol. The van der Waals surface area contributed by atoms with Gasteiger partial charge in [-0.05, 0) is 32.9 Å². The van der Waals surface area contributed by atoms with Crippen LogP contribution in [0.4, 0.5) is 0 Å². The Morgan fingerprint density at radius 1 is 1.34 bits per heavy atom. The summed E-state index contributed by atoms with van der Waals surface area (Å²) < 4.78 is 9.65. The van der Waals surface area contributed by atoms with Crippen molar-refractivity contribution in [3.05, 3.63) is 40.9 Å². The summed E-state index contributed by atoms with van der Waals surface area (Å²) in [5.74, 6) is -0.00133. The Bertz CT molecular complexity index is 982. The molecule has 0 unspecified atom stereocenters. The maximum Gasteiger partial charge on any atom is 0.274 e. The zero-order valence-electron chi connectivity index (χ0n) is 17.4.